The number of anilines is 1. The fourth-order valence-corrected chi connectivity index (χ4v) is 13.5. The molecular formula is C92H65Cl5N8O9. The van der Waals surface area contributed by atoms with Crippen molar-refractivity contribution >= 4 is 169 Å². The van der Waals surface area contributed by atoms with Crippen LogP contribution in [0.4, 0.5) is 11.4 Å². The Bertz CT molecular complexity index is 6510. The molecule has 562 valence electrons. The second-order valence-corrected chi connectivity index (χ2v) is 27.4. The molecule has 0 bridgehead atoms. The number of rotatable bonds is 11. The molecule has 0 unspecified atom stereocenters. The van der Waals surface area contributed by atoms with E-state index in [2.05, 4.69) is 40.3 Å². The van der Waals surface area contributed by atoms with E-state index >= 15 is 0 Å². The van der Waals surface area contributed by atoms with Gasteiger partial charge in [0.1, 0.15) is 40.4 Å². The highest BCUT2D eigenvalue weighted by Crippen LogP contribution is 2.37. The van der Waals surface area contributed by atoms with Gasteiger partial charge in [-0.05, 0) is 194 Å². The van der Waals surface area contributed by atoms with Crippen LogP contribution in [-0.4, -0.2) is 78.7 Å². The van der Waals surface area contributed by atoms with E-state index in [9.17, 15) is 29.3 Å². The number of H-pyrrole nitrogens is 1. The highest BCUT2D eigenvalue weighted by atomic mass is 35.5. The van der Waals surface area contributed by atoms with E-state index in [1.807, 2.05) is 170 Å². The summed E-state index contributed by atoms with van der Waals surface area (Å²) < 4.78 is 18.6. The number of nitrogen functional groups attached to an aromatic ring is 1. The van der Waals surface area contributed by atoms with E-state index in [0.717, 1.165) is 77.7 Å². The summed E-state index contributed by atoms with van der Waals surface area (Å²) >= 11 is 29.2. The first-order valence-corrected chi connectivity index (χ1v) is 37.1. The van der Waals surface area contributed by atoms with Crippen molar-refractivity contribution in [3.63, 3.8) is 0 Å². The summed E-state index contributed by atoms with van der Waals surface area (Å²) in [5, 5.41) is 20.7. The molecule has 22 heteroatoms. The number of aldehydes is 1. The molecule has 0 aliphatic carbocycles. The molecule has 0 saturated carbocycles. The normalized spacial score (nSPS) is 10.7. The second-order valence-electron chi connectivity index (χ2n) is 25.4. The van der Waals surface area contributed by atoms with Crippen molar-refractivity contribution < 1.29 is 38.3 Å². The number of imidazole rings is 3. The number of carbonyl (C=O) groups is 4. The summed E-state index contributed by atoms with van der Waals surface area (Å²) in [6.07, 6.45) is 0.891. The topological polar surface area (TPSA) is 229 Å². The number of ether oxygens (including phenoxy) is 3. The molecule has 15 aromatic carbocycles. The van der Waals surface area contributed by atoms with Crippen LogP contribution in [0.1, 0.15) is 41.4 Å². The number of carbonyl (C=O) groups excluding carboxylic acids is 4. The van der Waals surface area contributed by atoms with Crippen molar-refractivity contribution in [3.05, 3.63) is 368 Å². The number of fused-ring (bicyclic) bond motifs is 7. The summed E-state index contributed by atoms with van der Waals surface area (Å²) in [6, 6.07) is 97.7. The minimum Gasteiger partial charge on any atom is -0.497 e. The molecule has 3 aromatic heterocycles. The second kappa shape index (κ2) is 36.1. The number of halogens is 5. The average Bonchev–Trinajstić information content (AvgIpc) is 1.61. The SMILES string of the molecule is COc1ccc(C(=O)Cl)cc1.COc1ccc(C(=O)n2c(-c3cccc4ccccc34)nc3cc(Cl)ccc32)cc1.COc1ccc(C(=O)n2c(-c3cccc4ccccc34)nc3ccc(Cl)cc32)cc1.Clc1ccc2nc(-c3cccc4ccccc34)[nH]c2c1.Nc1ccc(Cl)cc1[N+](=O)[O-].O=Cc1cccc2ccccc12. The monoisotopic (exact) mass is 1600 g/mol. The number of nitrogens with zero attached hydrogens (tertiary/aromatic N) is 6. The van der Waals surface area contributed by atoms with Gasteiger partial charge >= 0.3 is 0 Å². The summed E-state index contributed by atoms with van der Waals surface area (Å²) in [6.45, 7) is 0. The molecule has 0 aliphatic heterocycles. The zero-order chi connectivity index (χ0) is 79.9. The third-order valence-corrected chi connectivity index (χ3v) is 19.5. The number of nitro groups is 1. The molecule has 0 saturated heterocycles. The van der Waals surface area contributed by atoms with Crippen LogP contribution in [0.5, 0.6) is 17.2 Å². The average molecular weight is 1600 g/mol. The maximum atomic E-state index is 13.6. The maximum Gasteiger partial charge on any atom is 0.293 e. The molecule has 0 aliphatic rings. The number of hydrogen-bond donors (Lipinski definition) is 2. The molecule has 114 heavy (non-hydrogen) atoms. The minimum atomic E-state index is -0.568. The van der Waals surface area contributed by atoms with Gasteiger partial charge in [-0.3, -0.25) is 38.4 Å². The van der Waals surface area contributed by atoms with E-state index < -0.39 is 10.2 Å². The Kier molecular flexibility index (Phi) is 24.9. The number of nitrogens with two attached hydrogens (primary N) is 1. The number of nitro benzene ring substituents is 1. The van der Waals surface area contributed by atoms with Crippen LogP contribution in [-0.2, 0) is 0 Å². The zero-order valence-electron chi connectivity index (χ0n) is 60.9. The molecular weight excluding hydrogens is 1540 g/mol. The lowest BCUT2D eigenvalue weighted by molar-refractivity contribution is -0.383. The Hall–Kier alpha value is -13.5. The lowest BCUT2D eigenvalue weighted by Gasteiger charge is -2.11. The van der Waals surface area contributed by atoms with Crippen LogP contribution in [0.25, 0.3) is 110 Å². The molecule has 3 heterocycles. The van der Waals surface area contributed by atoms with Gasteiger partial charge < -0.3 is 24.9 Å². The van der Waals surface area contributed by atoms with Crippen molar-refractivity contribution in [1.82, 2.24) is 29.1 Å². The van der Waals surface area contributed by atoms with E-state index in [-0.39, 0.29) is 23.2 Å². The fraction of sp³-hybridized carbons (Fsp3) is 0.0326. The smallest absolute Gasteiger partial charge is 0.293 e. The van der Waals surface area contributed by atoms with Crippen LogP contribution in [0, 0.1) is 10.1 Å². The molecule has 18 aromatic rings. The molecule has 0 amide bonds. The van der Waals surface area contributed by atoms with Gasteiger partial charge in [-0.25, -0.2) is 15.0 Å². The van der Waals surface area contributed by atoms with Gasteiger partial charge in [-0.15, -0.1) is 0 Å². The lowest BCUT2D eigenvalue weighted by Crippen LogP contribution is -2.13. The standard InChI is InChI=1S/2C25H17ClN2O2.C17H11ClN2.C11H8O.C8H7ClO2.C6H5ClN2O2/c1-30-19-12-9-17(10-13-19)25(29)28-23-14-11-18(26)15-22(23)27-24(28)21-8-4-6-16-5-2-3-7-20(16)21;1-30-19-12-9-17(10-13-19)25(29)28-23-15-18(26)11-14-22(23)27-24(28)21-8-4-6-16-5-2-3-7-20(16)21;18-12-8-9-15-16(10-12)20-17(19-15)14-7-3-5-11-4-1-2-6-13(11)14;12-8-10-6-3-5-9-4-1-2-7-11(9)10;1-11-7-4-2-6(3-5-7)8(9)10;7-4-1-2-5(8)6(3-4)9(10)11/h2*2-15H,1H3;1-10H,(H,19,20);1-8H;2-5H,1H3;1-3H,8H2. The lowest BCUT2D eigenvalue weighted by atomic mass is 10.0. The maximum absolute atomic E-state index is 13.6. The number of nitrogens with one attached hydrogen (secondary N) is 1. The van der Waals surface area contributed by atoms with E-state index in [1.54, 1.807) is 128 Å². The Labute approximate surface area is 678 Å². The number of benzene rings is 15. The van der Waals surface area contributed by atoms with Crippen LogP contribution in [0.3, 0.4) is 0 Å². The van der Waals surface area contributed by atoms with Crippen molar-refractivity contribution in [1.29, 1.82) is 0 Å². The van der Waals surface area contributed by atoms with Crippen molar-refractivity contribution in [2.24, 2.45) is 0 Å². The van der Waals surface area contributed by atoms with Gasteiger partial charge in [-0.2, -0.15) is 0 Å². The number of aromatic amines is 1. The van der Waals surface area contributed by atoms with Crippen molar-refractivity contribution in [2.45, 2.75) is 0 Å². The Balaban J connectivity index is 0.000000126. The quantitative estimate of drug-likeness (QED) is 0.0404. The van der Waals surface area contributed by atoms with E-state index in [0.29, 0.717) is 87.7 Å². The van der Waals surface area contributed by atoms with Gasteiger partial charge in [-0.1, -0.05) is 216 Å². The minimum absolute atomic E-state index is 0.124. The first-order valence-electron chi connectivity index (χ1n) is 35.2. The summed E-state index contributed by atoms with van der Waals surface area (Å²) in [5.74, 6) is 3.82. The van der Waals surface area contributed by atoms with Gasteiger partial charge in [0.05, 0.1) is 59.4 Å². The fourth-order valence-electron chi connectivity index (χ4n) is 12.7. The predicted octanol–water partition coefficient (Wildman–Crippen LogP) is 24.0. The van der Waals surface area contributed by atoms with Crippen molar-refractivity contribution in [3.8, 4) is 51.4 Å². The molecule has 18 rings (SSSR count). The Morgan fingerprint density at radius 1 is 0.412 bits per heavy atom. The number of aromatic nitrogens is 6. The van der Waals surface area contributed by atoms with Gasteiger partial charge in [0.15, 0.2) is 6.29 Å². The number of hydrogen-bond acceptors (Lipinski definition) is 13. The largest absolute Gasteiger partial charge is 0.497 e. The van der Waals surface area contributed by atoms with E-state index in [1.165, 1.54) is 29.0 Å². The van der Waals surface area contributed by atoms with E-state index in [4.69, 9.17) is 87.9 Å². The Morgan fingerprint density at radius 3 is 1.30 bits per heavy atom. The van der Waals surface area contributed by atoms with Crippen LogP contribution < -0.4 is 19.9 Å². The molecule has 0 radical (unpaired) electrons. The highest BCUT2D eigenvalue weighted by Gasteiger charge is 2.24. The van der Waals surface area contributed by atoms with Crippen molar-refractivity contribution in [2.75, 3.05) is 27.1 Å². The molecule has 3 N–H and O–H groups in total. The third kappa shape index (κ3) is 17.9. The van der Waals surface area contributed by atoms with Gasteiger partial charge in [0, 0.05) is 65.1 Å². The summed E-state index contributed by atoms with van der Waals surface area (Å²) in [4.78, 5) is 75.7. The molecule has 17 nitrogen and oxygen atoms in total. The Morgan fingerprint density at radius 2 is 0.807 bits per heavy atom. The molecule has 0 atom stereocenters. The first kappa shape index (κ1) is 78.6. The van der Waals surface area contributed by atoms with Gasteiger partial charge in [0.2, 0.25) is 0 Å². The van der Waals surface area contributed by atoms with Crippen LogP contribution >= 0.6 is 58.0 Å². The third-order valence-electron chi connectivity index (χ3n) is 18.3. The summed E-state index contributed by atoms with van der Waals surface area (Å²) in [5.41, 5.74) is 15.1. The zero-order valence-corrected chi connectivity index (χ0v) is 64.7. The summed E-state index contributed by atoms with van der Waals surface area (Å²) in [7, 11) is 4.76. The predicted molar refractivity (Wildman–Crippen MR) is 460 cm³/mol. The van der Waals surface area contributed by atoms with Gasteiger partial charge in [0.25, 0.3) is 22.7 Å². The van der Waals surface area contributed by atoms with Crippen LogP contribution in [0.15, 0.2) is 315 Å². The molecule has 0 spiro atoms. The number of methoxy groups -OCH3 is 3. The highest BCUT2D eigenvalue weighted by molar-refractivity contribution is 6.67. The molecule has 0 fully saturated rings. The van der Waals surface area contributed by atoms with Crippen LogP contribution in [0.2, 0.25) is 20.1 Å². The first-order chi connectivity index (χ1) is 55.4.